The lowest BCUT2D eigenvalue weighted by Gasteiger charge is -2.26. The lowest BCUT2D eigenvalue weighted by molar-refractivity contribution is -0.132. The molecule has 116 valence electrons. The maximum Gasteiger partial charge on any atom is 0.222 e. The van der Waals surface area contributed by atoms with E-state index in [-0.39, 0.29) is 11.9 Å². The number of methoxy groups -OCH3 is 1. The SMILES string of the molecule is COc1ccc(C(C)N(C)C(=O)CCC2CCNC2)cc1. The fraction of sp³-hybridized carbons (Fsp3) is 0.588. The molecular weight excluding hydrogens is 264 g/mol. The maximum atomic E-state index is 12.3. The fourth-order valence-corrected chi connectivity index (χ4v) is 2.79. The van der Waals surface area contributed by atoms with Crippen LogP contribution in [0.25, 0.3) is 0 Å². The molecule has 1 amide bonds. The van der Waals surface area contributed by atoms with Gasteiger partial charge in [0, 0.05) is 13.5 Å². The number of carbonyl (C=O) groups is 1. The van der Waals surface area contributed by atoms with E-state index in [4.69, 9.17) is 4.74 Å². The molecule has 0 aliphatic carbocycles. The number of hydrogen-bond acceptors (Lipinski definition) is 3. The van der Waals surface area contributed by atoms with Gasteiger partial charge in [0.05, 0.1) is 13.2 Å². The van der Waals surface area contributed by atoms with Crippen molar-refractivity contribution in [2.45, 2.75) is 32.2 Å². The molecule has 21 heavy (non-hydrogen) atoms. The monoisotopic (exact) mass is 290 g/mol. The van der Waals surface area contributed by atoms with Gasteiger partial charge in [-0.1, -0.05) is 12.1 Å². The molecule has 1 saturated heterocycles. The quantitative estimate of drug-likeness (QED) is 0.875. The van der Waals surface area contributed by atoms with Crippen molar-refractivity contribution in [3.05, 3.63) is 29.8 Å². The Balaban J connectivity index is 1.87. The van der Waals surface area contributed by atoms with Crippen molar-refractivity contribution in [3.63, 3.8) is 0 Å². The summed E-state index contributed by atoms with van der Waals surface area (Å²) in [6.07, 6.45) is 2.83. The van der Waals surface area contributed by atoms with E-state index in [1.54, 1.807) is 7.11 Å². The summed E-state index contributed by atoms with van der Waals surface area (Å²) >= 11 is 0. The molecule has 4 nitrogen and oxygen atoms in total. The zero-order valence-corrected chi connectivity index (χ0v) is 13.3. The topological polar surface area (TPSA) is 41.6 Å². The molecule has 1 heterocycles. The van der Waals surface area contributed by atoms with Crippen molar-refractivity contribution in [3.8, 4) is 5.75 Å². The van der Waals surface area contributed by atoms with Crippen LogP contribution in [0.1, 0.15) is 37.8 Å². The molecule has 2 rings (SSSR count). The molecule has 1 aromatic rings. The van der Waals surface area contributed by atoms with Gasteiger partial charge in [-0.25, -0.2) is 0 Å². The first-order chi connectivity index (χ1) is 10.1. The molecular formula is C17H26N2O2. The van der Waals surface area contributed by atoms with E-state index in [0.717, 1.165) is 30.8 Å². The third kappa shape index (κ3) is 4.21. The van der Waals surface area contributed by atoms with E-state index >= 15 is 0 Å². The van der Waals surface area contributed by atoms with Gasteiger partial charge in [0.25, 0.3) is 0 Å². The molecule has 2 unspecified atom stereocenters. The van der Waals surface area contributed by atoms with Gasteiger partial charge >= 0.3 is 0 Å². The van der Waals surface area contributed by atoms with Gasteiger partial charge in [-0.15, -0.1) is 0 Å². The van der Waals surface area contributed by atoms with Gasteiger partial charge in [-0.3, -0.25) is 4.79 Å². The second kappa shape index (κ2) is 7.46. The first kappa shape index (κ1) is 15.8. The summed E-state index contributed by atoms with van der Waals surface area (Å²) < 4.78 is 5.17. The lowest BCUT2D eigenvalue weighted by atomic mass is 10.0. The number of hydrogen-bond donors (Lipinski definition) is 1. The predicted octanol–water partition coefficient (Wildman–Crippen LogP) is 2.60. The first-order valence-electron chi connectivity index (χ1n) is 7.72. The van der Waals surface area contributed by atoms with Crippen LogP contribution in [0.5, 0.6) is 5.75 Å². The third-order valence-corrected chi connectivity index (χ3v) is 4.50. The minimum atomic E-state index is 0.0881. The zero-order chi connectivity index (χ0) is 15.2. The summed E-state index contributed by atoms with van der Waals surface area (Å²) in [5.74, 6) is 1.73. The fourth-order valence-electron chi connectivity index (χ4n) is 2.79. The number of benzene rings is 1. The van der Waals surface area contributed by atoms with Crippen molar-refractivity contribution in [2.75, 3.05) is 27.2 Å². The van der Waals surface area contributed by atoms with Gasteiger partial charge in [0.1, 0.15) is 5.75 Å². The third-order valence-electron chi connectivity index (χ3n) is 4.50. The van der Waals surface area contributed by atoms with Crippen LogP contribution in [0.15, 0.2) is 24.3 Å². The van der Waals surface area contributed by atoms with E-state index in [0.29, 0.717) is 12.3 Å². The van der Waals surface area contributed by atoms with E-state index in [1.807, 2.05) is 36.2 Å². The standard InChI is InChI=1S/C17H26N2O2/c1-13(15-5-7-16(21-3)8-6-15)19(2)17(20)9-4-14-10-11-18-12-14/h5-8,13-14,18H,4,9-12H2,1-3H3. The van der Waals surface area contributed by atoms with Crippen molar-refractivity contribution in [2.24, 2.45) is 5.92 Å². The van der Waals surface area contributed by atoms with Crippen LogP contribution in [0.3, 0.4) is 0 Å². The average Bonchev–Trinajstić information content (AvgIpc) is 3.04. The largest absolute Gasteiger partial charge is 0.497 e. The van der Waals surface area contributed by atoms with Gasteiger partial charge < -0.3 is 15.0 Å². The summed E-state index contributed by atoms with van der Waals surface area (Å²) in [5.41, 5.74) is 1.13. The molecule has 4 heteroatoms. The highest BCUT2D eigenvalue weighted by molar-refractivity contribution is 5.76. The Labute approximate surface area is 127 Å². The Kier molecular flexibility index (Phi) is 5.62. The molecule has 0 aromatic heterocycles. The molecule has 1 N–H and O–H groups in total. The van der Waals surface area contributed by atoms with Gasteiger partial charge in [0.15, 0.2) is 0 Å². The summed E-state index contributed by atoms with van der Waals surface area (Å²) in [4.78, 5) is 14.2. The highest BCUT2D eigenvalue weighted by Crippen LogP contribution is 2.23. The van der Waals surface area contributed by atoms with E-state index in [9.17, 15) is 4.79 Å². The molecule has 0 radical (unpaired) electrons. The minimum absolute atomic E-state index is 0.0881. The van der Waals surface area contributed by atoms with Gasteiger partial charge in [-0.05, 0) is 56.5 Å². The highest BCUT2D eigenvalue weighted by atomic mass is 16.5. The normalized spacial score (nSPS) is 19.3. The molecule has 0 spiro atoms. The number of nitrogens with one attached hydrogen (secondary N) is 1. The number of nitrogens with zero attached hydrogens (tertiary/aromatic N) is 1. The van der Waals surface area contributed by atoms with Crippen LogP contribution >= 0.6 is 0 Å². The molecule has 1 aliphatic rings. The van der Waals surface area contributed by atoms with Crippen LogP contribution in [-0.4, -0.2) is 38.1 Å². The molecule has 1 aromatic carbocycles. The summed E-state index contributed by atoms with van der Waals surface area (Å²) in [6, 6.07) is 8.01. The Hall–Kier alpha value is -1.55. The smallest absolute Gasteiger partial charge is 0.222 e. The number of amides is 1. The zero-order valence-electron chi connectivity index (χ0n) is 13.3. The number of rotatable bonds is 6. The second-order valence-corrected chi connectivity index (χ2v) is 5.85. The molecule has 2 atom stereocenters. The lowest BCUT2D eigenvalue weighted by Crippen LogP contribution is -2.30. The Bertz CT molecular complexity index is 452. The molecule has 1 aliphatic heterocycles. The van der Waals surface area contributed by atoms with Crippen LogP contribution in [0, 0.1) is 5.92 Å². The van der Waals surface area contributed by atoms with Crippen molar-refractivity contribution in [1.82, 2.24) is 10.2 Å². The van der Waals surface area contributed by atoms with Crippen LogP contribution in [-0.2, 0) is 4.79 Å². The number of ether oxygens (including phenoxy) is 1. The molecule has 0 saturated carbocycles. The Morgan fingerprint density at radius 2 is 2.14 bits per heavy atom. The van der Waals surface area contributed by atoms with Gasteiger partial charge in [0.2, 0.25) is 5.91 Å². The maximum absolute atomic E-state index is 12.3. The van der Waals surface area contributed by atoms with Crippen LogP contribution in [0.4, 0.5) is 0 Å². The summed E-state index contributed by atoms with van der Waals surface area (Å²) in [6.45, 7) is 4.22. The predicted molar refractivity (Wildman–Crippen MR) is 84.4 cm³/mol. The van der Waals surface area contributed by atoms with E-state index in [2.05, 4.69) is 12.2 Å². The van der Waals surface area contributed by atoms with E-state index < -0.39 is 0 Å². The second-order valence-electron chi connectivity index (χ2n) is 5.85. The van der Waals surface area contributed by atoms with E-state index in [1.165, 1.54) is 6.42 Å². The van der Waals surface area contributed by atoms with Crippen molar-refractivity contribution < 1.29 is 9.53 Å². The molecule has 0 bridgehead atoms. The first-order valence-corrected chi connectivity index (χ1v) is 7.72. The van der Waals surface area contributed by atoms with Gasteiger partial charge in [-0.2, -0.15) is 0 Å². The Morgan fingerprint density at radius 1 is 1.43 bits per heavy atom. The number of carbonyl (C=O) groups excluding carboxylic acids is 1. The van der Waals surface area contributed by atoms with Crippen molar-refractivity contribution in [1.29, 1.82) is 0 Å². The van der Waals surface area contributed by atoms with Crippen LogP contribution < -0.4 is 10.1 Å². The summed E-state index contributed by atoms with van der Waals surface area (Å²) in [5, 5.41) is 3.35. The minimum Gasteiger partial charge on any atom is -0.497 e. The average molecular weight is 290 g/mol. The summed E-state index contributed by atoms with van der Waals surface area (Å²) in [7, 11) is 3.55. The highest BCUT2D eigenvalue weighted by Gasteiger charge is 2.20. The van der Waals surface area contributed by atoms with Crippen LogP contribution in [0.2, 0.25) is 0 Å². The Morgan fingerprint density at radius 3 is 2.71 bits per heavy atom. The molecule has 1 fully saturated rings. The van der Waals surface area contributed by atoms with Crippen molar-refractivity contribution >= 4 is 5.91 Å².